The Balaban J connectivity index is 1.96. The van der Waals surface area contributed by atoms with Crippen molar-refractivity contribution in [1.82, 2.24) is 20.1 Å². The van der Waals surface area contributed by atoms with Crippen LogP contribution in [0.25, 0.3) is 33.2 Å². The van der Waals surface area contributed by atoms with E-state index < -0.39 is 9.84 Å². The van der Waals surface area contributed by atoms with Crippen LogP contribution in [-0.4, -0.2) is 34.8 Å². The third-order valence-corrected chi connectivity index (χ3v) is 4.95. The number of rotatable bonds is 2. The Kier molecular flexibility index (Phi) is 3.01. The maximum Gasteiger partial charge on any atom is 0.192 e. The van der Waals surface area contributed by atoms with Gasteiger partial charge in [0.2, 0.25) is 0 Å². The van der Waals surface area contributed by atoms with E-state index in [1.165, 1.54) is 6.07 Å². The van der Waals surface area contributed by atoms with E-state index in [0.717, 1.165) is 45.3 Å². The second-order valence-electron chi connectivity index (χ2n) is 5.76. The molecule has 24 heavy (non-hydrogen) atoms. The standard InChI is InChI=1S/C16H14N4O3S/c1-8-14(9(2)23-20-8)10-6-12-15(17-7-10)11-4-5-13(24(3,21)22)19-16(11)18-12/h4-7H,1-3H3,(H,18,19). The molecule has 0 radical (unpaired) electrons. The Bertz CT molecular complexity index is 1190. The van der Waals surface area contributed by atoms with Crippen molar-refractivity contribution >= 4 is 31.9 Å². The number of fused-ring (bicyclic) bond motifs is 3. The molecular weight excluding hydrogens is 328 g/mol. The molecule has 7 nitrogen and oxygen atoms in total. The number of hydrogen-bond donors (Lipinski definition) is 1. The van der Waals surface area contributed by atoms with Crippen LogP contribution in [0.2, 0.25) is 0 Å². The molecule has 0 aromatic carbocycles. The fourth-order valence-corrected chi connectivity index (χ4v) is 3.44. The highest BCUT2D eigenvalue weighted by Gasteiger charge is 2.16. The van der Waals surface area contributed by atoms with Crippen molar-refractivity contribution in [3.63, 3.8) is 0 Å². The molecule has 0 aliphatic heterocycles. The fourth-order valence-electron chi connectivity index (χ4n) is 2.87. The number of aromatic amines is 1. The second kappa shape index (κ2) is 4.88. The van der Waals surface area contributed by atoms with Gasteiger partial charge in [-0.15, -0.1) is 0 Å². The van der Waals surface area contributed by atoms with E-state index in [9.17, 15) is 8.42 Å². The zero-order chi connectivity index (χ0) is 17.1. The van der Waals surface area contributed by atoms with Gasteiger partial charge in [-0.05, 0) is 32.0 Å². The predicted molar refractivity (Wildman–Crippen MR) is 89.5 cm³/mol. The molecule has 4 aromatic rings. The van der Waals surface area contributed by atoms with E-state index in [2.05, 4.69) is 20.1 Å². The van der Waals surface area contributed by atoms with Crippen LogP contribution >= 0.6 is 0 Å². The van der Waals surface area contributed by atoms with Gasteiger partial charge < -0.3 is 9.51 Å². The monoisotopic (exact) mass is 342 g/mol. The number of H-pyrrole nitrogens is 1. The maximum absolute atomic E-state index is 11.7. The summed E-state index contributed by atoms with van der Waals surface area (Å²) >= 11 is 0. The van der Waals surface area contributed by atoms with Crippen LogP contribution in [0.3, 0.4) is 0 Å². The lowest BCUT2D eigenvalue weighted by atomic mass is 10.1. The van der Waals surface area contributed by atoms with Crippen molar-refractivity contribution in [3.05, 3.63) is 35.9 Å². The first-order chi connectivity index (χ1) is 11.3. The van der Waals surface area contributed by atoms with Gasteiger partial charge in [0, 0.05) is 29.0 Å². The van der Waals surface area contributed by atoms with Gasteiger partial charge in [0.25, 0.3) is 0 Å². The molecule has 4 heterocycles. The lowest BCUT2D eigenvalue weighted by Gasteiger charge is -2.00. The molecule has 4 aromatic heterocycles. The summed E-state index contributed by atoms with van der Waals surface area (Å²) in [6.45, 7) is 3.73. The molecule has 0 amide bonds. The van der Waals surface area contributed by atoms with Gasteiger partial charge in [0.15, 0.2) is 14.9 Å². The summed E-state index contributed by atoms with van der Waals surface area (Å²) in [5.74, 6) is 0.724. The third-order valence-electron chi connectivity index (χ3n) is 3.97. The van der Waals surface area contributed by atoms with E-state index in [1.807, 2.05) is 19.9 Å². The molecule has 0 atom stereocenters. The SMILES string of the molecule is Cc1noc(C)c1-c1cnc2c(c1)[nH]c1nc(S(C)(=O)=O)ccc12. The minimum absolute atomic E-state index is 0.0347. The average Bonchev–Trinajstić information content (AvgIpc) is 3.04. The molecule has 8 heteroatoms. The van der Waals surface area contributed by atoms with Crippen molar-refractivity contribution in [2.24, 2.45) is 0 Å². The van der Waals surface area contributed by atoms with Crippen LogP contribution in [0.5, 0.6) is 0 Å². The van der Waals surface area contributed by atoms with E-state index >= 15 is 0 Å². The average molecular weight is 342 g/mol. The van der Waals surface area contributed by atoms with Crippen molar-refractivity contribution < 1.29 is 12.9 Å². The van der Waals surface area contributed by atoms with Gasteiger partial charge in [0.1, 0.15) is 11.4 Å². The molecule has 0 saturated heterocycles. The molecule has 122 valence electrons. The van der Waals surface area contributed by atoms with Crippen molar-refractivity contribution in [2.75, 3.05) is 6.26 Å². The molecule has 1 N–H and O–H groups in total. The van der Waals surface area contributed by atoms with Crippen LogP contribution < -0.4 is 0 Å². The second-order valence-corrected chi connectivity index (χ2v) is 7.72. The summed E-state index contributed by atoms with van der Waals surface area (Å²) in [4.78, 5) is 11.8. The van der Waals surface area contributed by atoms with Crippen molar-refractivity contribution in [2.45, 2.75) is 18.9 Å². The van der Waals surface area contributed by atoms with Crippen LogP contribution in [0.4, 0.5) is 0 Å². The Morgan fingerprint density at radius 2 is 2.00 bits per heavy atom. The van der Waals surface area contributed by atoms with Crippen LogP contribution in [0.15, 0.2) is 33.9 Å². The van der Waals surface area contributed by atoms with E-state index in [-0.39, 0.29) is 5.03 Å². The molecule has 0 saturated carbocycles. The highest BCUT2D eigenvalue weighted by molar-refractivity contribution is 7.90. The van der Waals surface area contributed by atoms with Crippen molar-refractivity contribution in [1.29, 1.82) is 0 Å². The zero-order valence-corrected chi connectivity index (χ0v) is 14.1. The smallest absolute Gasteiger partial charge is 0.192 e. The molecule has 0 aliphatic carbocycles. The third kappa shape index (κ3) is 2.18. The number of aryl methyl sites for hydroxylation is 2. The summed E-state index contributed by atoms with van der Waals surface area (Å²) < 4.78 is 28.5. The number of nitrogens with one attached hydrogen (secondary N) is 1. The Morgan fingerprint density at radius 3 is 2.67 bits per heavy atom. The lowest BCUT2D eigenvalue weighted by Crippen LogP contribution is -1.99. The van der Waals surface area contributed by atoms with Gasteiger partial charge in [-0.2, -0.15) is 0 Å². The normalized spacial score (nSPS) is 12.3. The first kappa shape index (κ1) is 14.8. The summed E-state index contributed by atoms with van der Waals surface area (Å²) in [6.07, 6.45) is 2.89. The Labute approximate surface area is 137 Å². The van der Waals surface area contributed by atoms with E-state index in [1.54, 1.807) is 12.3 Å². The van der Waals surface area contributed by atoms with Gasteiger partial charge >= 0.3 is 0 Å². The maximum atomic E-state index is 11.7. The van der Waals surface area contributed by atoms with Gasteiger partial charge in [-0.25, -0.2) is 13.4 Å². The molecule has 4 rings (SSSR count). The molecular formula is C16H14N4O3S. The van der Waals surface area contributed by atoms with Crippen molar-refractivity contribution in [3.8, 4) is 11.1 Å². The van der Waals surface area contributed by atoms with Crippen LogP contribution in [0.1, 0.15) is 11.5 Å². The number of nitrogens with zero attached hydrogens (tertiary/aromatic N) is 3. The highest BCUT2D eigenvalue weighted by atomic mass is 32.2. The minimum Gasteiger partial charge on any atom is -0.361 e. The molecule has 0 fully saturated rings. The zero-order valence-electron chi connectivity index (χ0n) is 13.3. The Hall–Kier alpha value is -2.74. The number of aromatic nitrogens is 4. The molecule has 0 aliphatic rings. The summed E-state index contributed by atoms with van der Waals surface area (Å²) in [5.41, 5.74) is 4.61. The highest BCUT2D eigenvalue weighted by Crippen LogP contribution is 2.30. The summed E-state index contributed by atoms with van der Waals surface area (Å²) in [5, 5.41) is 4.78. The first-order valence-electron chi connectivity index (χ1n) is 7.26. The first-order valence-corrected chi connectivity index (χ1v) is 9.15. The quantitative estimate of drug-likeness (QED) is 0.601. The number of sulfone groups is 1. The molecule has 0 spiro atoms. The lowest BCUT2D eigenvalue weighted by molar-refractivity contribution is 0.393. The van der Waals surface area contributed by atoms with Crippen LogP contribution in [-0.2, 0) is 9.84 Å². The Morgan fingerprint density at radius 1 is 1.21 bits per heavy atom. The number of hydrogen-bond acceptors (Lipinski definition) is 6. The fraction of sp³-hybridized carbons (Fsp3) is 0.188. The number of pyridine rings is 2. The predicted octanol–water partition coefficient (Wildman–Crippen LogP) is 2.79. The molecule has 0 bridgehead atoms. The van der Waals surface area contributed by atoms with Crippen LogP contribution in [0, 0.1) is 13.8 Å². The van der Waals surface area contributed by atoms with Gasteiger partial charge in [0.05, 0.1) is 16.7 Å². The van der Waals surface area contributed by atoms with Gasteiger partial charge in [-0.3, -0.25) is 4.98 Å². The largest absolute Gasteiger partial charge is 0.361 e. The van der Waals surface area contributed by atoms with E-state index in [4.69, 9.17) is 4.52 Å². The van der Waals surface area contributed by atoms with E-state index in [0.29, 0.717) is 5.65 Å². The summed E-state index contributed by atoms with van der Waals surface area (Å²) in [6, 6.07) is 5.16. The topological polar surface area (TPSA) is 102 Å². The summed E-state index contributed by atoms with van der Waals surface area (Å²) in [7, 11) is -3.36. The molecule has 0 unspecified atom stereocenters. The van der Waals surface area contributed by atoms with Gasteiger partial charge in [-0.1, -0.05) is 5.16 Å². The minimum atomic E-state index is -3.36.